The molecule has 0 aliphatic carbocycles. The second-order valence-electron chi connectivity index (χ2n) is 5.24. The maximum Gasteiger partial charge on any atom is 0.325 e. The maximum absolute atomic E-state index is 12.0. The van der Waals surface area contributed by atoms with Crippen LogP contribution in [0.1, 0.15) is 35.7 Å². The molecule has 0 fully saturated rings. The zero-order chi connectivity index (χ0) is 17.2. The van der Waals surface area contributed by atoms with Crippen molar-refractivity contribution in [2.75, 3.05) is 19.8 Å². The van der Waals surface area contributed by atoms with Crippen LogP contribution in [0, 0.1) is 0 Å². The van der Waals surface area contributed by atoms with E-state index in [0.29, 0.717) is 5.56 Å². The van der Waals surface area contributed by atoms with Crippen LogP contribution in [0.3, 0.4) is 0 Å². The van der Waals surface area contributed by atoms with Gasteiger partial charge in [0.2, 0.25) is 0 Å². The van der Waals surface area contributed by atoms with Gasteiger partial charge in [-0.15, -0.1) is 0 Å². The van der Waals surface area contributed by atoms with Crippen molar-refractivity contribution < 1.29 is 14.7 Å². The molecule has 1 rings (SSSR count). The summed E-state index contributed by atoms with van der Waals surface area (Å²) in [6.07, 6.45) is 8.17. The van der Waals surface area contributed by atoms with Gasteiger partial charge < -0.3 is 10.4 Å². The monoisotopic (exact) mass is 336 g/mol. The Morgan fingerprint density at radius 2 is 2.17 bits per heavy atom. The van der Waals surface area contributed by atoms with E-state index in [4.69, 9.17) is 5.11 Å². The first-order valence-corrected chi connectivity index (χ1v) is 8.67. The molecule has 0 bridgehead atoms. The first-order valence-electron chi connectivity index (χ1n) is 7.49. The number of hydrogen-bond donors (Lipinski definition) is 2. The van der Waals surface area contributed by atoms with E-state index >= 15 is 0 Å². The molecule has 0 saturated heterocycles. The molecular formula is C17H24N2O3S. The molecule has 0 heterocycles. The number of nitrogens with zero attached hydrogens (tertiary/aromatic N) is 1. The standard InChI is InChI=1S/C17H24N2O3S/c1-13(17(21)22)18-16(20)15-10-7-9-14(12-15)8-5-4-6-11-19(2)23-3/h5,7-10,12-13H,4,6,11H2,1-3H3,(H,18,20)(H,21,22)/b8-5-. The van der Waals surface area contributed by atoms with E-state index in [1.54, 1.807) is 30.1 Å². The Morgan fingerprint density at radius 1 is 1.43 bits per heavy atom. The first kappa shape index (κ1) is 19.3. The number of carbonyl (C=O) groups excluding carboxylic acids is 1. The minimum absolute atomic E-state index is 0.378. The van der Waals surface area contributed by atoms with Crippen LogP contribution in [-0.2, 0) is 4.79 Å². The molecule has 1 unspecified atom stereocenters. The van der Waals surface area contributed by atoms with E-state index in [2.05, 4.69) is 29.0 Å². The van der Waals surface area contributed by atoms with Crippen LogP contribution in [0.5, 0.6) is 0 Å². The molecule has 0 aromatic heterocycles. The summed E-state index contributed by atoms with van der Waals surface area (Å²) >= 11 is 1.71. The summed E-state index contributed by atoms with van der Waals surface area (Å²) in [6.45, 7) is 2.47. The van der Waals surface area contributed by atoms with Crippen LogP contribution >= 0.6 is 11.9 Å². The normalized spacial score (nSPS) is 12.5. The number of carbonyl (C=O) groups is 2. The topological polar surface area (TPSA) is 69.6 Å². The molecule has 0 saturated carbocycles. The molecule has 1 amide bonds. The van der Waals surface area contributed by atoms with Crippen LogP contribution in [-0.4, -0.2) is 47.2 Å². The van der Waals surface area contributed by atoms with Crippen molar-refractivity contribution in [3.8, 4) is 0 Å². The third kappa shape index (κ3) is 7.34. The van der Waals surface area contributed by atoms with Gasteiger partial charge in [-0.05, 0) is 50.8 Å². The van der Waals surface area contributed by atoms with Crippen LogP contribution in [0.2, 0.25) is 0 Å². The summed E-state index contributed by atoms with van der Waals surface area (Å²) in [5, 5.41) is 11.3. The Labute approximate surface area is 141 Å². The van der Waals surface area contributed by atoms with Gasteiger partial charge in [-0.3, -0.25) is 13.9 Å². The average molecular weight is 336 g/mol. The summed E-state index contributed by atoms with van der Waals surface area (Å²) in [6, 6.07) is 6.24. The molecule has 0 aliphatic rings. The van der Waals surface area contributed by atoms with Gasteiger partial charge in [-0.2, -0.15) is 0 Å². The third-order valence-electron chi connectivity index (χ3n) is 3.33. The van der Waals surface area contributed by atoms with Crippen molar-refractivity contribution in [3.63, 3.8) is 0 Å². The van der Waals surface area contributed by atoms with Gasteiger partial charge in [0, 0.05) is 12.1 Å². The van der Waals surface area contributed by atoms with Gasteiger partial charge in [-0.25, -0.2) is 0 Å². The van der Waals surface area contributed by atoms with Gasteiger partial charge in [-0.1, -0.05) is 36.2 Å². The highest BCUT2D eigenvalue weighted by molar-refractivity contribution is 7.96. The fraction of sp³-hybridized carbons (Fsp3) is 0.412. The number of amides is 1. The van der Waals surface area contributed by atoms with Crippen molar-refractivity contribution in [2.24, 2.45) is 0 Å². The Bertz CT molecular complexity index is 561. The molecule has 0 aliphatic heterocycles. The highest BCUT2D eigenvalue weighted by atomic mass is 32.2. The molecular weight excluding hydrogens is 312 g/mol. The fourth-order valence-corrected chi connectivity index (χ4v) is 2.18. The lowest BCUT2D eigenvalue weighted by atomic mass is 10.1. The number of carboxylic acid groups (broad SMARTS) is 1. The minimum atomic E-state index is -1.05. The van der Waals surface area contributed by atoms with Crippen molar-refractivity contribution in [1.29, 1.82) is 0 Å². The molecule has 1 aromatic carbocycles. The van der Waals surface area contributed by atoms with E-state index in [0.717, 1.165) is 24.9 Å². The smallest absolute Gasteiger partial charge is 0.325 e. The number of carboxylic acids is 1. The van der Waals surface area contributed by atoms with Crippen LogP contribution in [0.15, 0.2) is 30.3 Å². The highest BCUT2D eigenvalue weighted by Crippen LogP contribution is 2.09. The lowest BCUT2D eigenvalue weighted by molar-refractivity contribution is -0.138. The molecule has 6 heteroatoms. The van der Waals surface area contributed by atoms with E-state index in [1.165, 1.54) is 6.92 Å². The zero-order valence-corrected chi connectivity index (χ0v) is 14.6. The van der Waals surface area contributed by atoms with Gasteiger partial charge in [0.05, 0.1) is 0 Å². The predicted molar refractivity (Wildman–Crippen MR) is 95.4 cm³/mol. The SMILES string of the molecule is CSN(C)CCC/C=C\c1cccc(C(=O)NC(C)C(=O)O)c1. The molecule has 0 spiro atoms. The summed E-state index contributed by atoms with van der Waals surface area (Å²) in [5.74, 6) is -1.43. The highest BCUT2D eigenvalue weighted by Gasteiger charge is 2.15. The second kappa shape index (κ2) is 10.1. The number of nitrogens with one attached hydrogen (secondary N) is 1. The molecule has 2 N–H and O–H groups in total. The van der Waals surface area contributed by atoms with Crippen LogP contribution in [0.25, 0.3) is 6.08 Å². The van der Waals surface area contributed by atoms with Gasteiger partial charge >= 0.3 is 5.97 Å². The number of hydrogen-bond acceptors (Lipinski definition) is 4. The molecule has 1 atom stereocenters. The Hall–Kier alpha value is -1.79. The Balaban J connectivity index is 2.56. The zero-order valence-electron chi connectivity index (χ0n) is 13.8. The summed E-state index contributed by atoms with van der Waals surface area (Å²) in [5.41, 5.74) is 1.39. The molecule has 5 nitrogen and oxygen atoms in total. The third-order valence-corrected chi connectivity index (χ3v) is 4.14. The Morgan fingerprint density at radius 3 is 2.83 bits per heavy atom. The summed E-state index contributed by atoms with van der Waals surface area (Å²) < 4.78 is 2.18. The van der Waals surface area contributed by atoms with Crippen LogP contribution < -0.4 is 5.32 Å². The largest absolute Gasteiger partial charge is 0.480 e. The van der Waals surface area contributed by atoms with Crippen molar-refractivity contribution in [2.45, 2.75) is 25.8 Å². The maximum atomic E-state index is 12.0. The number of aliphatic carboxylic acids is 1. The van der Waals surface area contributed by atoms with Crippen molar-refractivity contribution >= 4 is 29.9 Å². The predicted octanol–water partition coefficient (Wildman–Crippen LogP) is 2.89. The summed E-state index contributed by atoms with van der Waals surface area (Å²) in [7, 11) is 2.06. The fourth-order valence-electron chi connectivity index (χ4n) is 1.87. The molecule has 126 valence electrons. The molecule has 0 radical (unpaired) electrons. The van der Waals surface area contributed by atoms with Gasteiger partial charge in [0.1, 0.15) is 6.04 Å². The molecule has 1 aromatic rings. The first-order chi connectivity index (χ1) is 10.9. The van der Waals surface area contributed by atoms with Crippen molar-refractivity contribution in [3.05, 3.63) is 41.5 Å². The number of unbranched alkanes of at least 4 members (excludes halogenated alkanes) is 1. The summed E-state index contributed by atoms with van der Waals surface area (Å²) in [4.78, 5) is 22.8. The van der Waals surface area contributed by atoms with E-state index in [-0.39, 0.29) is 5.91 Å². The molecule has 23 heavy (non-hydrogen) atoms. The number of rotatable bonds is 9. The average Bonchev–Trinajstić information content (AvgIpc) is 2.54. The number of allylic oxidation sites excluding steroid dienone is 1. The van der Waals surface area contributed by atoms with E-state index in [9.17, 15) is 9.59 Å². The second-order valence-corrected chi connectivity index (χ2v) is 6.23. The van der Waals surface area contributed by atoms with Crippen LogP contribution in [0.4, 0.5) is 0 Å². The minimum Gasteiger partial charge on any atom is -0.480 e. The lowest BCUT2D eigenvalue weighted by Gasteiger charge is -2.10. The van der Waals surface area contributed by atoms with E-state index < -0.39 is 12.0 Å². The lowest BCUT2D eigenvalue weighted by Crippen LogP contribution is -2.38. The van der Waals surface area contributed by atoms with Gasteiger partial charge in [0.15, 0.2) is 0 Å². The Kier molecular flexibility index (Phi) is 8.43. The number of benzene rings is 1. The quantitative estimate of drug-likeness (QED) is 0.536. The van der Waals surface area contributed by atoms with Gasteiger partial charge in [0.25, 0.3) is 5.91 Å². The van der Waals surface area contributed by atoms with Crippen molar-refractivity contribution in [1.82, 2.24) is 9.62 Å². The van der Waals surface area contributed by atoms with E-state index in [1.807, 2.05) is 12.1 Å².